The first-order valence-electron chi connectivity index (χ1n) is 8.75. The largest absolute Gasteiger partial charge is 0.456 e. The molecule has 136 valence electrons. The van der Waals surface area contributed by atoms with E-state index in [0.29, 0.717) is 0 Å². The minimum Gasteiger partial charge on any atom is -0.456 e. The highest BCUT2D eigenvalue weighted by Gasteiger charge is 2.61. The van der Waals surface area contributed by atoms with Gasteiger partial charge in [-0.1, -0.05) is 0 Å². The molecule has 4 unspecified atom stereocenters. The van der Waals surface area contributed by atoms with Crippen molar-refractivity contribution in [2.45, 2.75) is 19.3 Å². The van der Waals surface area contributed by atoms with E-state index in [1.165, 1.54) is 12.1 Å². The van der Waals surface area contributed by atoms with E-state index < -0.39 is 30.7 Å². The van der Waals surface area contributed by atoms with Gasteiger partial charge >= 0.3 is 5.97 Å². The Morgan fingerprint density at radius 3 is 2.19 bits per heavy atom. The van der Waals surface area contributed by atoms with Gasteiger partial charge in [-0.2, -0.15) is 0 Å². The van der Waals surface area contributed by atoms with Crippen LogP contribution in [0.3, 0.4) is 0 Å². The number of halogens is 1. The minimum atomic E-state index is -0.797. The first kappa shape index (κ1) is 16.9. The molecule has 0 radical (unpaired) electrons. The standard InChI is InChI=1S/C19H18FNO5/c20-13-5-3-10(4-6-13)14(22)9-26-15(23)8-21-18(24)16-11-1-2-12(7-11)17(16)19(21)25/h3-6,11-12,16-17H,1-2,7-9H2. The second-order valence-electron chi connectivity index (χ2n) is 7.24. The van der Waals surface area contributed by atoms with E-state index >= 15 is 0 Å². The molecule has 7 heteroatoms. The Labute approximate surface area is 149 Å². The smallest absolute Gasteiger partial charge is 0.326 e. The molecule has 0 N–H and O–H groups in total. The van der Waals surface area contributed by atoms with Gasteiger partial charge in [0.2, 0.25) is 11.8 Å². The number of benzene rings is 1. The van der Waals surface area contributed by atoms with E-state index in [4.69, 9.17) is 4.74 Å². The average molecular weight is 359 g/mol. The Morgan fingerprint density at radius 1 is 1.04 bits per heavy atom. The normalized spacial score (nSPS) is 29.2. The van der Waals surface area contributed by atoms with Gasteiger partial charge in [-0.15, -0.1) is 0 Å². The molecule has 1 saturated heterocycles. The maximum absolute atomic E-state index is 12.9. The highest BCUT2D eigenvalue weighted by Crippen LogP contribution is 2.56. The van der Waals surface area contributed by atoms with E-state index in [9.17, 15) is 23.6 Å². The van der Waals surface area contributed by atoms with Crippen molar-refractivity contribution in [3.05, 3.63) is 35.6 Å². The van der Waals surface area contributed by atoms with Crippen LogP contribution >= 0.6 is 0 Å². The van der Waals surface area contributed by atoms with Crippen molar-refractivity contribution < 1.29 is 28.3 Å². The van der Waals surface area contributed by atoms with Crippen LogP contribution < -0.4 is 0 Å². The summed E-state index contributed by atoms with van der Waals surface area (Å²) >= 11 is 0. The van der Waals surface area contributed by atoms with Crippen molar-refractivity contribution in [3.63, 3.8) is 0 Å². The lowest BCUT2D eigenvalue weighted by Crippen LogP contribution is -2.38. The quantitative estimate of drug-likeness (QED) is 0.453. The third kappa shape index (κ3) is 2.71. The summed E-state index contributed by atoms with van der Waals surface area (Å²) in [6.07, 6.45) is 2.86. The fourth-order valence-electron chi connectivity index (χ4n) is 4.67. The molecule has 0 aromatic heterocycles. The fourth-order valence-corrected chi connectivity index (χ4v) is 4.67. The number of imide groups is 1. The van der Waals surface area contributed by atoms with Crippen LogP contribution in [0.1, 0.15) is 29.6 Å². The van der Waals surface area contributed by atoms with Gasteiger partial charge in [0, 0.05) is 5.56 Å². The second kappa shape index (κ2) is 6.30. The molecule has 1 heterocycles. The van der Waals surface area contributed by atoms with Gasteiger partial charge in [-0.3, -0.25) is 24.1 Å². The predicted molar refractivity (Wildman–Crippen MR) is 86.2 cm³/mol. The first-order valence-corrected chi connectivity index (χ1v) is 8.75. The Hall–Kier alpha value is -2.57. The number of hydrogen-bond donors (Lipinski definition) is 0. The first-order chi connectivity index (χ1) is 12.5. The van der Waals surface area contributed by atoms with E-state index in [1.807, 2.05) is 0 Å². The monoisotopic (exact) mass is 359 g/mol. The van der Waals surface area contributed by atoms with E-state index in [-0.39, 0.29) is 41.0 Å². The second-order valence-corrected chi connectivity index (χ2v) is 7.24. The van der Waals surface area contributed by atoms with Gasteiger partial charge in [0.15, 0.2) is 12.4 Å². The zero-order chi connectivity index (χ0) is 18.4. The van der Waals surface area contributed by atoms with Crippen LogP contribution in [0, 0.1) is 29.5 Å². The molecule has 4 atom stereocenters. The van der Waals surface area contributed by atoms with Crippen LogP contribution in [0.25, 0.3) is 0 Å². The lowest BCUT2D eigenvalue weighted by atomic mass is 9.81. The number of fused-ring (bicyclic) bond motifs is 5. The molecule has 2 bridgehead atoms. The maximum Gasteiger partial charge on any atom is 0.326 e. The lowest BCUT2D eigenvalue weighted by Gasteiger charge is -2.19. The lowest BCUT2D eigenvalue weighted by molar-refractivity contribution is -0.152. The Kier molecular flexibility index (Phi) is 4.09. The number of rotatable bonds is 5. The number of likely N-dealkylation sites (tertiary alicyclic amines) is 1. The maximum atomic E-state index is 12.9. The number of carbonyl (C=O) groups excluding carboxylic acids is 4. The summed E-state index contributed by atoms with van der Waals surface area (Å²) in [6.45, 7) is -0.973. The number of amides is 2. The number of hydrogen-bond acceptors (Lipinski definition) is 5. The van der Waals surface area contributed by atoms with E-state index in [0.717, 1.165) is 36.3 Å². The number of carbonyl (C=O) groups is 4. The third-order valence-electron chi connectivity index (χ3n) is 5.84. The average Bonchev–Trinajstić information content (AvgIpc) is 3.30. The molecular weight excluding hydrogens is 341 g/mol. The molecule has 2 aliphatic carbocycles. The number of ether oxygens (including phenoxy) is 1. The molecule has 6 nitrogen and oxygen atoms in total. The fraction of sp³-hybridized carbons (Fsp3) is 0.474. The van der Waals surface area contributed by atoms with Crippen molar-refractivity contribution in [1.29, 1.82) is 0 Å². The molecule has 1 aromatic rings. The Bertz CT molecular complexity index is 762. The third-order valence-corrected chi connectivity index (χ3v) is 5.84. The van der Waals surface area contributed by atoms with Crippen molar-refractivity contribution in [1.82, 2.24) is 4.90 Å². The molecule has 4 rings (SSSR count). The topological polar surface area (TPSA) is 80.8 Å². The highest BCUT2D eigenvalue weighted by molar-refractivity contribution is 6.08. The highest BCUT2D eigenvalue weighted by atomic mass is 19.1. The molecule has 3 fully saturated rings. The van der Waals surface area contributed by atoms with Gasteiger partial charge in [0.05, 0.1) is 11.8 Å². The summed E-state index contributed by atoms with van der Waals surface area (Å²) in [4.78, 5) is 49.9. The minimum absolute atomic E-state index is 0.221. The summed E-state index contributed by atoms with van der Waals surface area (Å²) in [6, 6.07) is 4.89. The SMILES string of the molecule is O=C(CN1C(=O)C2C3CCC(C3)C2C1=O)OCC(=O)c1ccc(F)cc1. The molecule has 1 aromatic carbocycles. The summed E-state index contributed by atoms with van der Waals surface area (Å²) in [5.41, 5.74) is 0.221. The van der Waals surface area contributed by atoms with Crippen molar-refractivity contribution in [2.24, 2.45) is 23.7 Å². The number of Topliss-reactive ketones (excluding diaryl/α,β-unsaturated/α-hetero) is 1. The summed E-state index contributed by atoms with van der Waals surface area (Å²) in [5.74, 6) is -2.37. The number of ketones is 1. The van der Waals surface area contributed by atoms with Crippen molar-refractivity contribution >= 4 is 23.6 Å². The predicted octanol–water partition coefficient (Wildman–Crippen LogP) is 1.58. The van der Waals surface area contributed by atoms with Gasteiger partial charge in [-0.25, -0.2) is 4.39 Å². The molecule has 3 aliphatic rings. The Balaban J connectivity index is 1.34. The van der Waals surface area contributed by atoms with E-state index in [1.54, 1.807) is 0 Å². The Morgan fingerprint density at radius 2 is 1.62 bits per heavy atom. The zero-order valence-electron chi connectivity index (χ0n) is 14.0. The van der Waals surface area contributed by atoms with Crippen LogP contribution in [-0.4, -0.2) is 41.6 Å². The number of nitrogens with zero attached hydrogens (tertiary/aromatic N) is 1. The van der Waals surface area contributed by atoms with Crippen molar-refractivity contribution in [3.8, 4) is 0 Å². The summed E-state index contributed by atoms with van der Waals surface area (Å²) < 4.78 is 17.8. The van der Waals surface area contributed by atoms with Gasteiger partial charge in [0.25, 0.3) is 0 Å². The number of esters is 1. The van der Waals surface area contributed by atoms with Gasteiger partial charge in [-0.05, 0) is 55.4 Å². The molecule has 2 saturated carbocycles. The molecule has 0 spiro atoms. The molecule has 2 amide bonds. The molecular formula is C19H18FNO5. The van der Waals surface area contributed by atoms with Crippen molar-refractivity contribution in [2.75, 3.05) is 13.2 Å². The summed E-state index contributed by atoms with van der Waals surface area (Å²) in [5, 5.41) is 0. The van der Waals surface area contributed by atoms with E-state index in [2.05, 4.69) is 0 Å². The van der Waals surface area contributed by atoms with Crippen LogP contribution in [0.2, 0.25) is 0 Å². The zero-order valence-corrected chi connectivity index (χ0v) is 14.0. The van der Waals surface area contributed by atoms with Gasteiger partial charge in [0.1, 0.15) is 12.4 Å². The van der Waals surface area contributed by atoms with Crippen LogP contribution in [0.5, 0.6) is 0 Å². The van der Waals surface area contributed by atoms with Crippen LogP contribution in [0.15, 0.2) is 24.3 Å². The van der Waals surface area contributed by atoms with Gasteiger partial charge < -0.3 is 4.74 Å². The molecule has 26 heavy (non-hydrogen) atoms. The van der Waals surface area contributed by atoms with Crippen LogP contribution in [-0.2, 0) is 19.1 Å². The molecule has 1 aliphatic heterocycles. The summed E-state index contributed by atoms with van der Waals surface area (Å²) in [7, 11) is 0. The van der Waals surface area contributed by atoms with Crippen LogP contribution in [0.4, 0.5) is 4.39 Å².